The Morgan fingerprint density at radius 3 is 3.18 bits per heavy atom. The van der Waals surface area contributed by atoms with Gasteiger partial charge >= 0.3 is 0 Å². The summed E-state index contributed by atoms with van der Waals surface area (Å²) in [5.41, 5.74) is 4.51. The lowest BCUT2D eigenvalue weighted by Crippen LogP contribution is -2.12. The van der Waals surface area contributed by atoms with Gasteiger partial charge in [0.1, 0.15) is 0 Å². The van der Waals surface area contributed by atoms with Crippen molar-refractivity contribution in [3.8, 4) is 0 Å². The summed E-state index contributed by atoms with van der Waals surface area (Å²) in [4.78, 5) is 0. The molecule has 0 bridgehead atoms. The molecule has 0 aromatic rings. The number of allylic oxidation sites excluding steroid dienone is 6. The first-order valence-corrected chi connectivity index (χ1v) is 3.38. The molecule has 3 heteroatoms. The van der Waals surface area contributed by atoms with Crippen LogP contribution in [0.3, 0.4) is 0 Å². The van der Waals surface area contributed by atoms with Gasteiger partial charge in [0.2, 0.25) is 0 Å². The van der Waals surface area contributed by atoms with Crippen molar-refractivity contribution in [3.05, 3.63) is 36.0 Å². The predicted molar refractivity (Wildman–Crippen MR) is 45.4 cm³/mol. The number of fused-ring (bicyclic) bond motifs is 1. The average molecular weight is 145 g/mol. The van der Waals surface area contributed by atoms with Crippen molar-refractivity contribution in [2.45, 2.75) is 0 Å². The minimum atomic E-state index is 0.921. The van der Waals surface area contributed by atoms with Crippen LogP contribution in [-0.4, -0.2) is 11.9 Å². The Morgan fingerprint density at radius 2 is 2.18 bits per heavy atom. The highest BCUT2D eigenvalue weighted by atomic mass is 15.5. The number of hydrogen-bond acceptors (Lipinski definition) is 3. The van der Waals surface area contributed by atoms with Gasteiger partial charge in [-0.1, -0.05) is 24.3 Å². The highest BCUT2D eigenvalue weighted by Crippen LogP contribution is 2.04. The molecule has 2 rings (SSSR count). The summed E-state index contributed by atoms with van der Waals surface area (Å²) >= 11 is 0. The van der Waals surface area contributed by atoms with Crippen molar-refractivity contribution in [2.24, 2.45) is 10.2 Å². The van der Waals surface area contributed by atoms with Crippen LogP contribution in [0.1, 0.15) is 0 Å². The molecule has 11 heavy (non-hydrogen) atoms. The topological polar surface area (TPSA) is 36.8 Å². The zero-order chi connectivity index (χ0) is 7.52. The summed E-state index contributed by atoms with van der Waals surface area (Å²) in [7, 11) is 0. The number of hydrogen-bond donors (Lipinski definition) is 1. The molecule has 0 spiro atoms. The summed E-state index contributed by atoms with van der Waals surface area (Å²) in [5.74, 6) is 0. The average Bonchev–Trinajstić information content (AvgIpc) is 2.28. The summed E-state index contributed by atoms with van der Waals surface area (Å²) in [5, 5.41) is 7.79. The van der Waals surface area contributed by atoms with E-state index in [0.717, 1.165) is 11.3 Å². The monoisotopic (exact) mass is 145 g/mol. The number of hydrazone groups is 2. The fourth-order valence-electron chi connectivity index (χ4n) is 0.944. The molecule has 1 aliphatic carbocycles. The summed E-state index contributed by atoms with van der Waals surface area (Å²) < 4.78 is 0. The molecule has 0 amide bonds. The Kier molecular flexibility index (Phi) is 1.41. The minimum absolute atomic E-state index is 0.921. The van der Waals surface area contributed by atoms with Gasteiger partial charge in [-0.05, 0) is 6.08 Å². The highest BCUT2D eigenvalue weighted by molar-refractivity contribution is 6.22. The lowest BCUT2D eigenvalue weighted by Gasteiger charge is -2.04. The zero-order valence-corrected chi connectivity index (χ0v) is 5.86. The zero-order valence-electron chi connectivity index (χ0n) is 5.86. The van der Waals surface area contributed by atoms with Crippen LogP contribution < -0.4 is 5.53 Å². The van der Waals surface area contributed by atoms with Gasteiger partial charge in [-0.25, -0.2) is 0 Å². The molecule has 0 aromatic carbocycles. The van der Waals surface area contributed by atoms with Gasteiger partial charge in [0.25, 0.3) is 0 Å². The Bertz CT molecular complexity index is 305. The summed E-state index contributed by atoms with van der Waals surface area (Å²) in [6.45, 7) is 0. The molecule has 0 fully saturated rings. The fourth-order valence-corrected chi connectivity index (χ4v) is 0.944. The smallest absolute Gasteiger partial charge is 0.0938 e. The predicted octanol–water partition coefficient (Wildman–Crippen LogP) is 0.984. The number of rotatable bonds is 0. The summed E-state index contributed by atoms with van der Waals surface area (Å²) in [6, 6.07) is 0. The minimum Gasteiger partial charge on any atom is -0.197 e. The van der Waals surface area contributed by atoms with Crippen LogP contribution in [0.2, 0.25) is 0 Å². The first-order valence-electron chi connectivity index (χ1n) is 3.38. The van der Waals surface area contributed by atoms with Crippen molar-refractivity contribution in [1.29, 1.82) is 0 Å². The Labute approximate surface area is 64.5 Å². The molecule has 54 valence electrons. The third-order valence-electron chi connectivity index (χ3n) is 1.48. The first kappa shape index (κ1) is 6.09. The lowest BCUT2D eigenvalue weighted by atomic mass is 10.1. The van der Waals surface area contributed by atoms with E-state index in [1.807, 2.05) is 30.4 Å². The SMILES string of the molecule is C1=CC=C2C=NNN=C2C=C1. The molecule has 0 aromatic heterocycles. The first-order chi connectivity index (χ1) is 5.47. The van der Waals surface area contributed by atoms with E-state index in [9.17, 15) is 0 Å². The van der Waals surface area contributed by atoms with E-state index < -0.39 is 0 Å². The number of nitrogens with zero attached hydrogens (tertiary/aromatic N) is 2. The quantitative estimate of drug-likeness (QED) is 0.542. The largest absolute Gasteiger partial charge is 0.197 e. The van der Waals surface area contributed by atoms with E-state index >= 15 is 0 Å². The molecule has 0 atom stereocenters. The van der Waals surface area contributed by atoms with E-state index in [4.69, 9.17) is 0 Å². The van der Waals surface area contributed by atoms with Crippen LogP contribution in [0.25, 0.3) is 0 Å². The molecular formula is C8H7N3. The van der Waals surface area contributed by atoms with Gasteiger partial charge in [0.05, 0.1) is 11.9 Å². The third-order valence-corrected chi connectivity index (χ3v) is 1.48. The van der Waals surface area contributed by atoms with Crippen molar-refractivity contribution < 1.29 is 0 Å². The number of nitrogens with one attached hydrogen (secondary N) is 1. The van der Waals surface area contributed by atoms with Crippen molar-refractivity contribution >= 4 is 11.9 Å². The van der Waals surface area contributed by atoms with Crippen LogP contribution >= 0.6 is 0 Å². The van der Waals surface area contributed by atoms with Crippen LogP contribution in [-0.2, 0) is 0 Å². The Balaban J connectivity index is 2.44. The third kappa shape index (κ3) is 1.12. The molecule has 1 heterocycles. The standard InChI is InChI=1S/C8H7N3/c1-2-4-7-6-9-11-10-8(7)5-3-1/h1-6,11H. The molecule has 0 unspecified atom stereocenters. The molecular weight excluding hydrogens is 138 g/mol. The maximum atomic E-state index is 3.99. The van der Waals surface area contributed by atoms with Gasteiger partial charge in [-0.15, -0.1) is 0 Å². The maximum absolute atomic E-state index is 3.99. The van der Waals surface area contributed by atoms with Crippen LogP contribution in [0.15, 0.2) is 46.2 Å². The molecule has 1 N–H and O–H groups in total. The molecule has 0 radical (unpaired) electrons. The van der Waals surface area contributed by atoms with Crippen molar-refractivity contribution in [1.82, 2.24) is 5.53 Å². The molecule has 0 saturated carbocycles. The normalized spacial score (nSPS) is 19.6. The molecule has 2 aliphatic rings. The highest BCUT2D eigenvalue weighted by Gasteiger charge is 2.04. The van der Waals surface area contributed by atoms with Crippen LogP contribution in [0.4, 0.5) is 0 Å². The van der Waals surface area contributed by atoms with E-state index in [2.05, 4.69) is 15.7 Å². The van der Waals surface area contributed by atoms with Gasteiger partial charge in [-0.2, -0.15) is 15.7 Å². The van der Waals surface area contributed by atoms with E-state index in [-0.39, 0.29) is 0 Å². The molecule has 1 aliphatic heterocycles. The Morgan fingerprint density at radius 1 is 1.18 bits per heavy atom. The van der Waals surface area contributed by atoms with Crippen molar-refractivity contribution in [3.63, 3.8) is 0 Å². The lowest BCUT2D eigenvalue weighted by molar-refractivity contribution is 0.808. The van der Waals surface area contributed by atoms with E-state index in [1.165, 1.54) is 0 Å². The van der Waals surface area contributed by atoms with E-state index in [1.54, 1.807) is 6.21 Å². The van der Waals surface area contributed by atoms with Crippen LogP contribution in [0.5, 0.6) is 0 Å². The Hall–Kier alpha value is -1.64. The van der Waals surface area contributed by atoms with Crippen molar-refractivity contribution in [2.75, 3.05) is 0 Å². The second-order valence-electron chi connectivity index (χ2n) is 2.22. The van der Waals surface area contributed by atoms with Gasteiger partial charge in [-0.3, -0.25) is 0 Å². The van der Waals surface area contributed by atoms with E-state index in [0.29, 0.717) is 0 Å². The second kappa shape index (κ2) is 2.54. The van der Waals surface area contributed by atoms with Gasteiger partial charge in [0.15, 0.2) is 0 Å². The van der Waals surface area contributed by atoms with Gasteiger partial charge < -0.3 is 0 Å². The van der Waals surface area contributed by atoms with Crippen LogP contribution in [0, 0.1) is 0 Å². The molecule has 0 saturated heterocycles. The van der Waals surface area contributed by atoms with Gasteiger partial charge in [0, 0.05) is 5.57 Å². The molecule has 3 nitrogen and oxygen atoms in total. The maximum Gasteiger partial charge on any atom is 0.0938 e. The summed E-state index contributed by atoms with van der Waals surface area (Å²) in [6.07, 6.45) is 11.5. The second-order valence-corrected chi connectivity index (χ2v) is 2.22. The fraction of sp³-hybridized carbons (Fsp3) is 0.